The van der Waals surface area contributed by atoms with Gasteiger partial charge in [-0.15, -0.1) is 13.2 Å². The minimum atomic E-state index is -4.83. The molecule has 0 aromatic carbocycles. The van der Waals surface area contributed by atoms with Gasteiger partial charge in [0.2, 0.25) is 0 Å². The molecule has 1 heterocycles. The highest BCUT2D eigenvalue weighted by Crippen LogP contribution is 2.24. The van der Waals surface area contributed by atoms with Gasteiger partial charge in [0.1, 0.15) is 5.76 Å². The number of hydrogen-bond acceptors (Lipinski definition) is 3. The van der Waals surface area contributed by atoms with Gasteiger partial charge in [0.25, 0.3) is 0 Å². The van der Waals surface area contributed by atoms with E-state index in [-0.39, 0.29) is 0 Å². The van der Waals surface area contributed by atoms with E-state index in [9.17, 15) is 18.3 Å². The largest absolute Gasteiger partial charge is 0.573 e. The van der Waals surface area contributed by atoms with E-state index in [2.05, 4.69) is 16.2 Å². The van der Waals surface area contributed by atoms with Crippen molar-refractivity contribution in [3.8, 4) is 0 Å². The lowest BCUT2D eigenvalue weighted by molar-refractivity contribution is -0.304. The molecule has 114 valence electrons. The number of aliphatic hydroxyl groups is 1. The van der Waals surface area contributed by atoms with Crippen LogP contribution >= 0.6 is 0 Å². The predicted molar refractivity (Wildman–Crippen MR) is 71.0 cm³/mol. The number of aliphatic hydroxyl groups excluding tert-OH is 1. The van der Waals surface area contributed by atoms with Gasteiger partial charge in [-0.25, -0.2) is 0 Å². The Morgan fingerprint density at radius 3 is 2.35 bits per heavy atom. The fourth-order valence-corrected chi connectivity index (χ4v) is 2.05. The summed E-state index contributed by atoms with van der Waals surface area (Å²) < 4.78 is 40.5. The molecule has 3 nitrogen and oxygen atoms in total. The van der Waals surface area contributed by atoms with Gasteiger partial charge in [0, 0.05) is 6.54 Å². The highest BCUT2D eigenvalue weighted by Gasteiger charge is 2.32. The second-order valence-electron chi connectivity index (χ2n) is 4.76. The minimum absolute atomic E-state index is 0.501. The number of nitrogens with zero attached hydrogens (tertiary/aromatic N) is 1. The fourth-order valence-electron chi connectivity index (χ4n) is 2.05. The summed E-state index contributed by atoms with van der Waals surface area (Å²) in [5.41, 5.74) is 0.583. The number of rotatable bonds is 5. The Balaban J connectivity index is 2.78. The maximum absolute atomic E-state index is 12.2. The topological polar surface area (TPSA) is 32.7 Å². The molecule has 0 unspecified atom stereocenters. The van der Waals surface area contributed by atoms with E-state index in [1.165, 1.54) is 18.6 Å². The number of likely N-dealkylation sites (tertiary alicyclic amines) is 1. The summed E-state index contributed by atoms with van der Waals surface area (Å²) in [7, 11) is 0. The standard InChI is InChI=1S/C14H20F3NO2/c1-3-12(10-18-7-5-4-6-8-18)9-13(11(2)19)20-14(15,16)17/h3,9,19H,1,4-8,10H2,2H3/b12-9+,13-11-. The van der Waals surface area contributed by atoms with Crippen molar-refractivity contribution in [3.05, 3.63) is 35.8 Å². The van der Waals surface area contributed by atoms with E-state index < -0.39 is 17.9 Å². The first-order valence-electron chi connectivity index (χ1n) is 6.53. The molecule has 0 bridgehead atoms. The molecule has 0 aromatic rings. The summed E-state index contributed by atoms with van der Waals surface area (Å²) >= 11 is 0. The molecule has 1 aliphatic heterocycles. The van der Waals surface area contributed by atoms with E-state index in [1.807, 2.05) is 0 Å². The number of alkyl halides is 3. The molecule has 1 rings (SSSR count). The molecule has 1 N–H and O–H groups in total. The summed E-state index contributed by atoms with van der Waals surface area (Å²) in [5, 5.41) is 9.29. The van der Waals surface area contributed by atoms with E-state index in [0.29, 0.717) is 12.1 Å². The molecule has 0 radical (unpaired) electrons. The Morgan fingerprint density at radius 2 is 1.90 bits per heavy atom. The van der Waals surface area contributed by atoms with Gasteiger partial charge >= 0.3 is 6.36 Å². The van der Waals surface area contributed by atoms with Crippen LogP contribution in [-0.4, -0.2) is 36.0 Å². The average Bonchev–Trinajstić information content (AvgIpc) is 2.36. The van der Waals surface area contributed by atoms with Crippen LogP contribution in [0.15, 0.2) is 35.8 Å². The molecular formula is C14H20F3NO2. The first-order valence-corrected chi connectivity index (χ1v) is 6.53. The van der Waals surface area contributed by atoms with Crippen molar-refractivity contribution in [2.24, 2.45) is 0 Å². The van der Waals surface area contributed by atoms with Crippen LogP contribution in [0.5, 0.6) is 0 Å². The van der Waals surface area contributed by atoms with E-state index in [4.69, 9.17) is 0 Å². The predicted octanol–water partition coefficient (Wildman–Crippen LogP) is 3.91. The summed E-state index contributed by atoms with van der Waals surface area (Å²) in [4.78, 5) is 2.15. The molecule has 0 saturated carbocycles. The maximum atomic E-state index is 12.2. The molecule has 1 fully saturated rings. The highest BCUT2D eigenvalue weighted by molar-refractivity contribution is 5.28. The lowest BCUT2D eigenvalue weighted by Crippen LogP contribution is -2.31. The van der Waals surface area contributed by atoms with Crippen molar-refractivity contribution in [1.29, 1.82) is 0 Å². The number of allylic oxidation sites excluding steroid dienone is 2. The third-order valence-electron chi connectivity index (χ3n) is 3.02. The van der Waals surface area contributed by atoms with Crippen molar-refractivity contribution in [2.75, 3.05) is 19.6 Å². The Hall–Kier alpha value is -1.43. The van der Waals surface area contributed by atoms with Gasteiger partial charge in [-0.05, 0) is 44.5 Å². The summed E-state index contributed by atoms with van der Waals surface area (Å²) in [6.07, 6.45) is 1.20. The third kappa shape index (κ3) is 6.14. The van der Waals surface area contributed by atoms with Crippen molar-refractivity contribution in [2.45, 2.75) is 32.5 Å². The minimum Gasteiger partial charge on any atom is -0.509 e. The number of halogens is 3. The zero-order chi connectivity index (χ0) is 15.2. The summed E-state index contributed by atoms with van der Waals surface area (Å²) in [5.74, 6) is -1.11. The van der Waals surface area contributed by atoms with Gasteiger partial charge < -0.3 is 9.84 Å². The van der Waals surface area contributed by atoms with Crippen LogP contribution in [0.1, 0.15) is 26.2 Å². The van der Waals surface area contributed by atoms with Gasteiger partial charge in [0.05, 0.1) is 0 Å². The van der Waals surface area contributed by atoms with E-state index in [0.717, 1.165) is 32.9 Å². The molecule has 0 aliphatic carbocycles. The van der Waals surface area contributed by atoms with Crippen molar-refractivity contribution in [3.63, 3.8) is 0 Å². The molecule has 0 atom stereocenters. The van der Waals surface area contributed by atoms with Crippen molar-refractivity contribution < 1.29 is 23.0 Å². The molecule has 1 aliphatic rings. The molecular weight excluding hydrogens is 271 g/mol. The Kier molecular flexibility index (Phi) is 6.13. The fraction of sp³-hybridized carbons (Fsp3) is 0.571. The quantitative estimate of drug-likeness (QED) is 0.616. The van der Waals surface area contributed by atoms with Gasteiger partial charge in [0.15, 0.2) is 5.76 Å². The lowest BCUT2D eigenvalue weighted by atomic mass is 10.1. The van der Waals surface area contributed by atoms with Gasteiger partial charge in [-0.2, -0.15) is 0 Å². The Morgan fingerprint density at radius 1 is 1.30 bits per heavy atom. The van der Waals surface area contributed by atoms with Crippen molar-refractivity contribution >= 4 is 0 Å². The number of ether oxygens (including phenoxy) is 1. The Labute approximate surface area is 117 Å². The van der Waals surface area contributed by atoms with Crippen LogP contribution in [0.25, 0.3) is 0 Å². The number of hydrogen-bond donors (Lipinski definition) is 1. The normalized spacial score (nSPS) is 19.5. The number of piperidine rings is 1. The van der Waals surface area contributed by atoms with E-state index >= 15 is 0 Å². The molecule has 0 spiro atoms. The first-order chi connectivity index (χ1) is 9.31. The van der Waals surface area contributed by atoms with Gasteiger partial charge in [-0.1, -0.05) is 19.1 Å². The maximum Gasteiger partial charge on any atom is 0.573 e. The van der Waals surface area contributed by atoms with Crippen LogP contribution in [0.4, 0.5) is 13.2 Å². The highest BCUT2D eigenvalue weighted by atomic mass is 19.4. The smallest absolute Gasteiger partial charge is 0.509 e. The van der Waals surface area contributed by atoms with Crippen LogP contribution in [0.2, 0.25) is 0 Å². The van der Waals surface area contributed by atoms with Crippen LogP contribution in [-0.2, 0) is 4.74 Å². The van der Waals surface area contributed by atoms with Gasteiger partial charge in [-0.3, -0.25) is 4.90 Å². The first kappa shape index (κ1) is 16.6. The van der Waals surface area contributed by atoms with E-state index in [1.54, 1.807) is 0 Å². The van der Waals surface area contributed by atoms with Crippen molar-refractivity contribution in [1.82, 2.24) is 4.90 Å². The second-order valence-corrected chi connectivity index (χ2v) is 4.76. The summed E-state index contributed by atoms with van der Waals surface area (Å²) in [6, 6.07) is 0. The molecule has 6 heteroatoms. The van der Waals surface area contributed by atoms with Crippen LogP contribution < -0.4 is 0 Å². The monoisotopic (exact) mass is 291 g/mol. The average molecular weight is 291 g/mol. The Bertz CT molecular complexity index is 390. The molecule has 20 heavy (non-hydrogen) atoms. The molecule has 0 aromatic heterocycles. The van der Waals surface area contributed by atoms with Crippen LogP contribution in [0, 0.1) is 0 Å². The molecule has 1 saturated heterocycles. The molecule has 0 amide bonds. The lowest BCUT2D eigenvalue weighted by Gasteiger charge is -2.26. The zero-order valence-corrected chi connectivity index (χ0v) is 11.5. The summed E-state index contributed by atoms with van der Waals surface area (Å²) in [6.45, 7) is 7.09. The van der Waals surface area contributed by atoms with Crippen LogP contribution in [0.3, 0.4) is 0 Å². The second kappa shape index (κ2) is 7.38. The SMILES string of the molecule is C=C/C(=C\C(OC(F)(F)F)=C(/C)O)CN1CCCCC1. The third-order valence-corrected chi connectivity index (χ3v) is 3.02. The zero-order valence-electron chi connectivity index (χ0n) is 11.5.